The van der Waals surface area contributed by atoms with Crippen molar-refractivity contribution in [2.45, 2.75) is 37.2 Å². The van der Waals surface area contributed by atoms with Crippen LogP contribution in [0, 0.1) is 11.6 Å². The molecule has 1 aliphatic rings. The van der Waals surface area contributed by atoms with Gasteiger partial charge in [-0.15, -0.1) is 0 Å². The van der Waals surface area contributed by atoms with E-state index < -0.39 is 63.7 Å². The van der Waals surface area contributed by atoms with Gasteiger partial charge in [0.05, 0.1) is 30.1 Å². The molecule has 14 heteroatoms. The third-order valence-electron chi connectivity index (χ3n) is 7.02. The van der Waals surface area contributed by atoms with Gasteiger partial charge in [0.2, 0.25) is 15.9 Å². The number of sulfonamides is 1. The third-order valence-corrected chi connectivity index (χ3v) is 8.72. The molecule has 9 nitrogen and oxygen atoms in total. The minimum atomic E-state index is -4.21. The lowest BCUT2D eigenvalue weighted by atomic mass is 9.84. The highest BCUT2D eigenvalue weighted by Gasteiger charge is 2.54. The van der Waals surface area contributed by atoms with Crippen LogP contribution in [0.25, 0.3) is 0 Å². The highest BCUT2D eigenvalue weighted by Crippen LogP contribution is 2.42. The van der Waals surface area contributed by atoms with Gasteiger partial charge in [0.1, 0.15) is 23.8 Å². The lowest BCUT2D eigenvalue weighted by molar-refractivity contribution is -0.141. The van der Waals surface area contributed by atoms with Crippen LogP contribution in [0.2, 0.25) is 10.0 Å². The lowest BCUT2D eigenvalue weighted by Crippen LogP contribution is -2.74. The normalized spacial score (nSPS) is 18.7. The van der Waals surface area contributed by atoms with Crippen LogP contribution < -0.4 is 15.4 Å². The summed E-state index contributed by atoms with van der Waals surface area (Å²) in [6.45, 7) is 1.26. The molecule has 4 N–H and O–H groups in total. The van der Waals surface area contributed by atoms with Crippen molar-refractivity contribution in [1.82, 2.24) is 10.2 Å². The van der Waals surface area contributed by atoms with Crippen LogP contribution in [0.15, 0.2) is 66.7 Å². The van der Waals surface area contributed by atoms with Crippen molar-refractivity contribution in [1.29, 1.82) is 0 Å². The number of likely N-dealkylation sites (tertiary alicyclic amines) is 1. The molecular weight excluding hydrogens is 613 g/mol. The molecule has 0 saturated carbocycles. The first-order chi connectivity index (χ1) is 19.7. The Labute approximate surface area is 251 Å². The van der Waals surface area contributed by atoms with E-state index in [1.807, 2.05) is 0 Å². The van der Waals surface area contributed by atoms with E-state index in [1.165, 1.54) is 6.92 Å². The van der Waals surface area contributed by atoms with Crippen LogP contribution in [0.4, 0.5) is 14.5 Å². The van der Waals surface area contributed by atoms with Gasteiger partial charge in [0.15, 0.2) is 0 Å². The summed E-state index contributed by atoms with van der Waals surface area (Å²) in [6.07, 6.45) is -1.05. The molecule has 42 heavy (non-hydrogen) atoms. The molecule has 1 aliphatic heterocycles. The number of primary amides is 1. The molecule has 1 fully saturated rings. The topological polar surface area (TPSA) is 133 Å². The number of aliphatic hydroxyl groups is 1. The molecule has 0 radical (unpaired) electrons. The van der Waals surface area contributed by atoms with Crippen LogP contribution in [0.3, 0.4) is 0 Å². The molecule has 4 atom stereocenters. The van der Waals surface area contributed by atoms with Gasteiger partial charge in [0.25, 0.3) is 5.91 Å². The molecule has 2 amide bonds. The average molecular weight is 642 g/mol. The van der Waals surface area contributed by atoms with E-state index in [2.05, 4.69) is 5.32 Å². The van der Waals surface area contributed by atoms with Crippen LogP contribution in [0.5, 0.6) is 0 Å². The number of anilines is 1. The predicted octanol–water partition coefficient (Wildman–Crippen LogP) is 3.23. The molecule has 224 valence electrons. The Bertz CT molecular complexity index is 1510. The van der Waals surface area contributed by atoms with Crippen molar-refractivity contribution in [3.63, 3.8) is 0 Å². The Kier molecular flexibility index (Phi) is 9.43. The van der Waals surface area contributed by atoms with E-state index >= 15 is 0 Å². The van der Waals surface area contributed by atoms with E-state index in [4.69, 9.17) is 28.9 Å². The van der Waals surface area contributed by atoms with Crippen molar-refractivity contribution in [3.8, 4) is 0 Å². The zero-order chi connectivity index (χ0) is 30.9. The molecule has 0 spiro atoms. The molecule has 1 heterocycles. The zero-order valence-corrected chi connectivity index (χ0v) is 24.7. The number of halogens is 4. The lowest BCUT2D eigenvalue weighted by Gasteiger charge is -2.56. The maximum atomic E-state index is 14.2. The van der Waals surface area contributed by atoms with Crippen molar-refractivity contribution < 1.29 is 31.9 Å². The fourth-order valence-corrected chi connectivity index (χ4v) is 6.52. The summed E-state index contributed by atoms with van der Waals surface area (Å²) in [4.78, 5) is 26.4. The molecule has 4 unspecified atom stereocenters. The first kappa shape index (κ1) is 31.6. The molecule has 3 aromatic carbocycles. The number of aliphatic hydroxyl groups excluding tert-OH is 1. The van der Waals surface area contributed by atoms with E-state index in [1.54, 1.807) is 53.4 Å². The Hall–Kier alpha value is -3.29. The van der Waals surface area contributed by atoms with Gasteiger partial charge < -0.3 is 16.2 Å². The summed E-state index contributed by atoms with van der Waals surface area (Å²) in [5.74, 6) is -3.88. The molecule has 1 saturated heterocycles. The first-order valence-electron chi connectivity index (χ1n) is 12.7. The SMILES string of the molecule is CC(NC(=O)C(O)C1C(N(c2cc(F)cc(F)c2)S(C)(=O)=O)CN1C(c1ccc(Cl)cc1)c1ccc(Cl)cc1)C(N)=O. The zero-order valence-electron chi connectivity index (χ0n) is 22.4. The summed E-state index contributed by atoms with van der Waals surface area (Å²) < 4.78 is 55.4. The summed E-state index contributed by atoms with van der Waals surface area (Å²) in [5, 5.41) is 14.6. The summed E-state index contributed by atoms with van der Waals surface area (Å²) in [7, 11) is -4.21. The Balaban J connectivity index is 1.85. The molecule has 0 bridgehead atoms. The largest absolute Gasteiger partial charge is 0.382 e. The number of rotatable bonds is 10. The van der Waals surface area contributed by atoms with Gasteiger partial charge >= 0.3 is 0 Å². The van der Waals surface area contributed by atoms with E-state index in [0.717, 1.165) is 22.7 Å². The monoisotopic (exact) mass is 640 g/mol. The highest BCUT2D eigenvalue weighted by molar-refractivity contribution is 7.92. The fraction of sp³-hybridized carbons (Fsp3) is 0.286. The summed E-state index contributed by atoms with van der Waals surface area (Å²) in [5.41, 5.74) is 6.32. The van der Waals surface area contributed by atoms with Crippen molar-refractivity contribution in [2.75, 3.05) is 17.1 Å². The molecular formula is C28H28Cl2F2N4O5S. The van der Waals surface area contributed by atoms with E-state index in [9.17, 15) is 31.9 Å². The second kappa shape index (κ2) is 12.5. The van der Waals surface area contributed by atoms with Gasteiger partial charge in [-0.05, 0) is 54.4 Å². The molecule has 0 aromatic heterocycles. The minimum Gasteiger partial charge on any atom is -0.382 e. The standard InChI is InChI=1S/C28H28Cl2F2N4O5S/c1-15(27(33)38)34-28(39)26(37)25-23(36(42(2,40)41)22-12-20(31)11-21(32)13-22)14-35(25)24(16-3-7-18(29)8-4-16)17-5-9-19(30)10-6-17/h3-13,15,23-26,37H,14H2,1-2H3,(H2,33,38)(H,34,39). The Morgan fingerprint density at radius 1 is 1.00 bits per heavy atom. The number of amides is 2. The van der Waals surface area contributed by atoms with Gasteiger partial charge in [-0.3, -0.25) is 18.8 Å². The van der Waals surface area contributed by atoms with Gasteiger partial charge in [0, 0.05) is 22.7 Å². The number of nitrogens with zero attached hydrogens (tertiary/aromatic N) is 2. The van der Waals surface area contributed by atoms with Crippen LogP contribution in [-0.2, 0) is 19.6 Å². The number of benzene rings is 3. The third kappa shape index (κ3) is 6.84. The minimum absolute atomic E-state index is 0.0680. The number of hydrogen-bond acceptors (Lipinski definition) is 6. The van der Waals surface area contributed by atoms with Crippen LogP contribution in [0.1, 0.15) is 24.1 Å². The maximum absolute atomic E-state index is 14.2. The predicted molar refractivity (Wildman–Crippen MR) is 156 cm³/mol. The Morgan fingerprint density at radius 3 is 1.90 bits per heavy atom. The van der Waals surface area contributed by atoms with E-state index in [-0.39, 0.29) is 12.2 Å². The van der Waals surface area contributed by atoms with E-state index in [0.29, 0.717) is 27.2 Å². The van der Waals surface area contributed by atoms with Gasteiger partial charge in [-0.1, -0.05) is 47.5 Å². The smallest absolute Gasteiger partial charge is 0.251 e. The van der Waals surface area contributed by atoms with Crippen LogP contribution >= 0.6 is 23.2 Å². The highest BCUT2D eigenvalue weighted by atomic mass is 35.5. The summed E-state index contributed by atoms with van der Waals surface area (Å²) in [6, 6.07) is 11.7. The second-order valence-electron chi connectivity index (χ2n) is 10.0. The average Bonchev–Trinajstić information content (AvgIpc) is 2.88. The number of carbonyl (C=O) groups excluding carboxylic acids is 2. The molecule has 3 aromatic rings. The summed E-state index contributed by atoms with van der Waals surface area (Å²) >= 11 is 12.2. The molecule has 0 aliphatic carbocycles. The second-order valence-corrected chi connectivity index (χ2v) is 12.8. The fourth-order valence-electron chi connectivity index (χ4n) is 5.10. The maximum Gasteiger partial charge on any atom is 0.251 e. The quantitative estimate of drug-likeness (QED) is 0.312. The first-order valence-corrected chi connectivity index (χ1v) is 15.3. The van der Waals surface area contributed by atoms with Crippen molar-refractivity contribution in [3.05, 3.63) is 99.5 Å². The Morgan fingerprint density at radius 2 is 1.48 bits per heavy atom. The van der Waals surface area contributed by atoms with Crippen molar-refractivity contribution in [2.24, 2.45) is 5.73 Å². The number of nitrogens with one attached hydrogen (secondary N) is 1. The number of hydrogen-bond donors (Lipinski definition) is 3. The molecule has 4 rings (SSSR count). The number of carbonyl (C=O) groups is 2. The van der Waals surface area contributed by atoms with Crippen molar-refractivity contribution >= 4 is 50.7 Å². The number of nitrogens with two attached hydrogens (primary N) is 1. The van der Waals surface area contributed by atoms with Gasteiger partial charge in [-0.25, -0.2) is 17.2 Å². The van der Waals surface area contributed by atoms with Gasteiger partial charge in [-0.2, -0.15) is 0 Å². The van der Waals surface area contributed by atoms with Crippen LogP contribution in [-0.4, -0.2) is 67.3 Å².